The Labute approximate surface area is 134 Å². The van der Waals surface area contributed by atoms with Crippen molar-refractivity contribution in [3.05, 3.63) is 30.6 Å². The lowest BCUT2D eigenvalue weighted by molar-refractivity contribution is -0.129. The number of amides is 1. The quantitative estimate of drug-likeness (QED) is 0.749. The summed E-state index contributed by atoms with van der Waals surface area (Å²) >= 11 is 0. The van der Waals surface area contributed by atoms with Crippen LogP contribution in [0.25, 0.3) is 5.69 Å². The maximum absolute atomic E-state index is 12.3. The van der Waals surface area contributed by atoms with Gasteiger partial charge in [0, 0.05) is 13.1 Å². The molecule has 0 unspecified atom stereocenters. The molecule has 1 heterocycles. The molecule has 10 heteroatoms. The van der Waals surface area contributed by atoms with Crippen molar-refractivity contribution in [2.75, 3.05) is 19.6 Å². The van der Waals surface area contributed by atoms with Crippen LogP contribution >= 0.6 is 0 Å². The first-order valence-corrected chi connectivity index (χ1v) is 8.57. The Morgan fingerprint density at radius 1 is 1.30 bits per heavy atom. The van der Waals surface area contributed by atoms with E-state index in [-0.39, 0.29) is 17.3 Å². The highest BCUT2D eigenvalue weighted by atomic mass is 32.2. The van der Waals surface area contributed by atoms with E-state index in [2.05, 4.69) is 20.2 Å². The third-order valence-electron chi connectivity index (χ3n) is 3.27. The standard InChI is InChI=1S/C13H18N6O3S/c1-3-18(4-2)13(20)9-15-23(21,22)12-7-5-6-11(8-12)19-10-14-16-17-19/h5-8,10,15H,3-4,9H2,1-2H3. The van der Waals surface area contributed by atoms with E-state index in [1.165, 1.54) is 23.1 Å². The van der Waals surface area contributed by atoms with Crippen molar-refractivity contribution in [3.63, 3.8) is 0 Å². The van der Waals surface area contributed by atoms with Gasteiger partial charge in [0.2, 0.25) is 15.9 Å². The second-order valence-electron chi connectivity index (χ2n) is 4.64. The number of carbonyl (C=O) groups is 1. The van der Waals surface area contributed by atoms with Gasteiger partial charge in [0.25, 0.3) is 0 Å². The normalized spacial score (nSPS) is 11.4. The number of carbonyl (C=O) groups excluding carboxylic acids is 1. The van der Waals surface area contributed by atoms with E-state index >= 15 is 0 Å². The number of sulfonamides is 1. The highest BCUT2D eigenvalue weighted by molar-refractivity contribution is 7.89. The molecule has 2 aromatic rings. The Morgan fingerprint density at radius 3 is 2.65 bits per heavy atom. The summed E-state index contributed by atoms with van der Waals surface area (Å²) in [5, 5.41) is 10.7. The predicted octanol–water partition coefficient (Wildman–Crippen LogP) is -0.191. The number of tetrazole rings is 1. The Balaban J connectivity index is 2.14. The summed E-state index contributed by atoms with van der Waals surface area (Å²) in [4.78, 5) is 13.5. The van der Waals surface area contributed by atoms with Gasteiger partial charge in [-0.3, -0.25) is 4.79 Å². The van der Waals surface area contributed by atoms with Crippen molar-refractivity contribution in [1.29, 1.82) is 0 Å². The molecule has 23 heavy (non-hydrogen) atoms. The molecule has 0 saturated heterocycles. The van der Waals surface area contributed by atoms with Crippen LogP contribution in [0.2, 0.25) is 0 Å². The van der Waals surface area contributed by atoms with Gasteiger partial charge in [-0.25, -0.2) is 17.8 Å². The molecule has 9 nitrogen and oxygen atoms in total. The molecule has 0 bridgehead atoms. The maximum atomic E-state index is 12.3. The molecule has 0 aliphatic rings. The second-order valence-corrected chi connectivity index (χ2v) is 6.41. The third kappa shape index (κ3) is 4.11. The average molecular weight is 338 g/mol. The molecule has 2 rings (SSSR count). The molecule has 1 aromatic carbocycles. The summed E-state index contributed by atoms with van der Waals surface area (Å²) in [6.45, 7) is 4.47. The Kier molecular flexibility index (Phi) is 5.40. The minimum atomic E-state index is -3.80. The van der Waals surface area contributed by atoms with Crippen molar-refractivity contribution in [3.8, 4) is 5.69 Å². The van der Waals surface area contributed by atoms with Crippen molar-refractivity contribution >= 4 is 15.9 Å². The molecular weight excluding hydrogens is 320 g/mol. The van der Waals surface area contributed by atoms with Crippen molar-refractivity contribution < 1.29 is 13.2 Å². The van der Waals surface area contributed by atoms with Gasteiger partial charge in [0.1, 0.15) is 6.33 Å². The molecule has 1 aromatic heterocycles. The van der Waals surface area contributed by atoms with Gasteiger partial charge in [-0.2, -0.15) is 0 Å². The predicted molar refractivity (Wildman–Crippen MR) is 82.3 cm³/mol. The largest absolute Gasteiger partial charge is 0.342 e. The summed E-state index contributed by atoms with van der Waals surface area (Å²) < 4.78 is 28.3. The fourth-order valence-corrected chi connectivity index (χ4v) is 3.01. The van der Waals surface area contributed by atoms with Gasteiger partial charge in [0.05, 0.1) is 17.1 Å². The monoisotopic (exact) mass is 338 g/mol. The summed E-state index contributed by atoms with van der Waals surface area (Å²) in [5.41, 5.74) is 0.507. The van der Waals surface area contributed by atoms with E-state index in [1.54, 1.807) is 17.0 Å². The molecular formula is C13H18N6O3S. The molecule has 0 aliphatic heterocycles. The Morgan fingerprint density at radius 2 is 2.04 bits per heavy atom. The lowest BCUT2D eigenvalue weighted by Gasteiger charge is -2.18. The van der Waals surface area contributed by atoms with Crippen molar-refractivity contribution in [2.24, 2.45) is 0 Å². The first-order chi connectivity index (χ1) is 11.0. The van der Waals surface area contributed by atoms with Crippen LogP contribution in [0.5, 0.6) is 0 Å². The Hall–Kier alpha value is -2.33. The van der Waals surface area contributed by atoms with Gasteiger partial charge >= 0.3 is 0 Å². The zero-order valence-corrected chi connectivity index (χ0v) is 13.7. The molecule has 1 amide bonds. The van der Waals surface area contributed by atoms with Gasteiger partial charge in [-0.1, -0.05) is 6.07 Å². The van der Waals surface area contributed by atoms with E-state index in [0.717, 1.165) is 0 Å². The van der Waals surface area contributed by atoms with E-state index in [4.69, 9.17) is 0 Å². The number of nitrogens with zero attached hydrogens (tertiary/aromatic N) is 5. The molecule has 0 spiro atoms. The van der Waals surface area contributed by atoms with E-state index < -0.39 is 10.0 Å². The van der Waals surface area contributed by atoms with Crippen LogP contribution in [-0.2, 0) is 14.8 Å². The molecule has 0 saturated carbocycles. The van der Waals surface area contributed by atoms with E-state index in [9.17, 15) is 13.2 Å². The highest BCUT2D eigenvalue weighted by Crippen LogP contribution is 2.13. The molecule has 0 aliphatic carbocycles. The van der Waals surface area contributed by atoms with Gasteiger partial charge < -0.3 is 4.90 Å². The summed E-state index contributed by atoms with van der Waals surface area (Å²) in [6, 6.07) is 6.13. The van der Waals surface area contributed by atoms with Crippen molar-refractivity contribution in [1.82, 2.24) is 29.8 Å². The van der Waals surface area contributed by atoms with Crippen LogP contribution in [-0.4, -0.2) is 59.1 Å². The molecule has 0 radical (unpaired) electrons. The fraction of sp³-hybridized carbons (Fsp3) is 0.385. The summed E-state index contributed by atoms with van der Waals surface area (Å²) in [5.74, 6) is -0.268. The first-order valence-electron chi connectivity index (χ1n) is 7.08. The number of benzene rings is 1. The van der Waals surface area contributed by atoms with Crippen LogP contribution < -0.4 is 4.72 Å². The van der Waals surface area contributed by atoms with Crippen LogP contribution in [0.4, 0.5) is 0 Å². The molecule has 1 N–H and O–H groups in total. The van der Waals surface area contributed by atoms with E-state index in [0.29, 0.717) is 18.8 Å². The zero-order valence-electron chi connectivity index (χ0n) is 12.9. The molecule has 0 fully saturated rings. The fourth-order valence-electron chi connectivity index (χ4n) is 2.00. The number of likely N-dealkylation sites (N-methyl/N-ethyl adjacent to an activating group) is 1. The van der Waals surface area contributed by atoms with Crippen LogP contribution in [0.3, 0.4) is 0 Å². The van der Waals surface area contributed by atoms with Gasteiger partial charge in [0.15, 0.2) is 0 Å². The number of nitrogens with one attached hydrogen (secondary N) is 1. The highest BCUT2D eigenvalue weighted by Gasteiger charge is 2.18. The second kappa shape index (κ2) is 7.29. The minimum Gasteiger partial charge on any atom is -0.342 e. The minimum absolute atomic E-state index is 0.0397. The number of hydrogen-bond acceptors (Lipinski definition) is 6. The summed E-state index contributed by atoms with van der Waals surface area (Å²) in [7, 11) is -3.80. The van der Waals surface area contributed by atoms with Crippen LogP contribution in [0, 0.1) is 0 Å². The smallest absolute Gasteiger partial charge is 0.241 e. The zero-order chi connectivity index (χ0) is 16.9. The lowest BCUT2D eigenvalue weighted by atomic mass is 10.3. The molecule has 124 valence electrons. The van der Waals surface area contributed by atoms with Crippen LogP contribution in [0.1, 0.15) is 13.8 Å². The molecule has 0 atom stereocenters. The Bertz CT molecular complexity index is 756. The first kappa shape index (κ1) is 17.0. The van der Waals surface area contributed by atoms with Gasteiger partial charge in [-0.05, 0) is 42.5 Å². The lowest BCUT2D eigenvalue weighted by Crippen LogP contribution is -2.39. The number of rotatable bonds is 7. The van der Waals surface area contributed by atoms with Gasteiger partial charge in [-0.15, -0.1) is 5.10 Å². The maximum Gasteiger partial charge on any atom is 0.241 e. The number of hydrogen-bond donors (Lipinski definition) is 1. The number of aromatic nitrogens is 4. The third-order valence-corrected chi connectivity index (χ3v) is 4.67. The topological polar surface area (TPSA) is 110 Å². The van der Waals surface area contributed by atoms with E-state index in [1.807, 2.05) is 13.8 Å². The SMILES string of the molecule is CCN(CC)C(=O)CNS(=O)(=O)c1cccc(-n2cnnn2)c1. The summed E-state index contributed by atoms with van der Waals surface area (Å²) in [6.07, 6.45) is 1.36. The van der Waals surface area contributed by atoms with Crippen LogP contribution in [0.15, 0.2) is 35.5 Å². The van der Waals surface area contributed by atoms with Crippen molar-refractivity contribution in [2.45, 2.75) is 18.7 Å². The average Bonchev–Trinajstić information content (AvgIpc) is 3.09.